The fraction of sp³-hybridized carbons (Fsp3) is 0.722. The van der Waals surface area contributed by atoms with E-state index >= 15 is 0 Å². The van der Waals surface area contributed by atoms with Crippen LogP contribution < -0.4 is 63.8 Å². The summed E-state index contributed by atoms with van der Waals surface area (Å²) in [5.41, 5.74) is 18.0. The number of hydrogen-bond acceptors (Lipinski definition) is 27. The smallest absolute Gasteiger partial charge is 0.394 e. The Kier molecular flexibility index (Phi) is 78.5. The summed E-state index contributed by atoms with van der Waals surface area (Å²) in [6.45, 7) is 10.8. The molecular formula is C108H184N9NaO23P3+. The number of rotatable bonds is 83. The Bertz CT molecular complexity index is 4370. The third kappa shape index (κ3) is 69.2. The van der Waals surface area contributed by atoms with E-state index in [0.29, 0.717) is 46.2 Å². The Hall–Kier alpha value is -5.29. The van der Waals surface area contributed by atoms with Crippen LogP contribution in [0, 0.1) is 0 Å². The number of unbranched alkanes of at least 4 members (excludes halogenated alkanes) is 45. The van der Waals surface area contributed by atoms with E-state index < -0.39 is 83.3 Å². The zero-order valence-corrected chi connectivity index (χ0v) is 92.9. The summed E-state index contributed by atoms with van der Waals surface area (Å²) in [5, 5.41) is 19.1. The Morgan fingerprint density at radius 2 is 0.674 bits per heavy atom. The number of ether oxygens (including phenoxy) is 9. The van der Waals surface area contributed by atoms with E-state index in [1.807, 2.05) is 91.0 Å². The molecule has 5 heterocycles. The maximum atomic E-state index is 13.2. The minimum absolute atomic E-state index is 0. The van der Waals surface area contributed by atoms with E-state index in [1.54, 1.807) is 6.20 Å². The number of hydrogen-bond donors (Lipinski definition) is 7. The minimum atomic E-state index is -4.20. The SMILES string of the molecule is CCCCCCCCCCCCCCCCCCOC[C@H](CO)OCc1ccccc1.CCCCCCCCCCCCCCCCCCOC[C@H](COP(=O)(O)CO[C@H](CO)Cn1ccc(N)nc1=O)OCc1ccccc1.CCCCCCCCCCCCCCCCCCOC[C@H](COP1(=O)CO[C@@H](Cn2ccc(N)nc2=O)CO1)OCc1ccccc1.Nc1ccn(C[C@H]2COP(=O)(O)CO2)c(=O)n1.[Na+]. The second-order valence-corrected chi connectivity index (χ2v) is 43.5. The number of nitrogens with two attached hydrogens (primary N) is 3. The summed E-state index contributed by atoms with van der Waals surface area (Å²) in [5.74, 6) is 0.374. The van der Waals surface area contributed by atoms with Crippen molar-refractivity contribution >= 4 is 40.2 Å². The molecule has 0 radical (unpaired) electrons. The van der Waals surface area contributed by atoms with Gasteiger partial charge in [-0.1, -0.05) is 401 Å². The molecule has 814 valence electrons. The first kappa shape index (κ1) is 131. The Labute approximate surface area is 883 Å². The molecule has 2 saturated heterocycles. The second-order valence-electron chi connectivity index (χ2n) is 37.9. The summed E-state index contributed by atoms with van der Waals surface area (Å²) in [4.78, 5) is 65.8. The number of aliphatic hydroxyl groups is 2. The second kappa shape index (κ2) is 86.3. The van der Waals surface area contributed by atoms with Gasteiger partial charge in [0.25, 0.3) is 0 Å². The molecule has 3 aromatic heterocycles. The van der Waals surface area contributed by atoms with Gasteiger partial charge in [-0.05, 0) is 54.2 Å². The molecule has 0 amide bonds. The van der Waals surface area contributed by atoms with Crippen LogP contribution in [0.1, 0.15) is 346 Å². The van der Waals surface area contributed by atoms with Gasteiger partial charge >= 0.3 is 69.4 Å². The standard InChI is InChI=1S/C36H62N3O8P.C36H60N3O7P.C28H50O3.C8H12N3O5P.Na/c1-2-3-4-5-6-7-8-9-10-11-12-13-14-15-16-20-25-44-29-34(45-28-32-21-18-17-19-22-32)30-47-48(42,43)31-46-33(27-40)26-39-24-23-35(37)38-36(39)41;1-2-3-4-5-6-7-8-9-10-11-12-13-14-15-16-20-25-42-28-34(43-27-32-21-18-17-19-22-32)30-46-47(41)31-44-33(29-45-47)26-39-24-23-35(37)38-36(39)40;1-2-3-4-5-6-7-8-9-10-11-12-13-14-15-16-20-23-30-26-28(24-29)31-25-27-21-18-17-19-22-27;9-7-1-2-11(8(12)10-7)3-6-4-16-17(13,14)5-15-6;/h17-19,21-24,33-34,40H,2-16,20,25-31H2,1H3,(H,42,43)(H2,37,38,41);17-19,21-24,33-34H,2-16,20,25-31H2,1H3,(H2,37,38,40);17-19,21-22,28-29H,2-16,20,23-26H2,1H3;1-2,6H,3-5H2,(H,13,14)(H2,9,10,12);/q;;;;+1/t33-,34+;33-,34+,47?;28-;6-;/m0000./s1. The molecule has 3 aromatic carbocycles. The molecule has 9 atom stereocenters. The normalized spacial score (nSPS) is 16.9. The van der Waals surface area contributed by atoms with Crippen LogP contribution >= 0.6 is 22.8 Å². The Morgan fingerprint density at radius 1 is 0.382 bits per heavy atom. The largest absolute Gasteiger partial charge is 1.00 e. The van der Waals surface area contributed by atoms with Crippen molar-refractivity contribution in [2.75, 3.05) is 116 Å². The molecule has 10 N–H and O–H groups in total. The van der Waals surface area contributed by atoms with Crippen LogP contribution in [0.5, 0.6) is 0 Å². The molecular weight excluding hydrogens is 1910 g/mol. The van der Waals surface area contributed by atoms with Crippen molar-refractivity contribution in [2.45, 2.75) is 405 Å². The third-order valence-electron chi connectivity index (χ3n) is 24.9. The van der Waals surface area contributed by atoms with E-state index in [-0.39, 0.29) is 125 Å². The maximum absolute atomic E-state index is 13.2. The predicted octanol–water partition coefficient (Wildman–Crippen LogP) is 19.7. The van der Waals surface area contributed by atoms with Crippen LogP contribution in [-0.2, 0) is 114 Å². The van der Waals surface area contributed by atoms with E-state index in [4.69, 9.17) is 82.8 Å². The summed E-state index contributed by atoms with van der Waals surface area (Å²) in [6, 6.07) is 34.1. The first-order chi connectivity index (χ1) is 69.6. The number of benzene rings is 3. The monoisotopic (exact) mass is 2090 g/mol. The summed E-state index contributed by atoms with van der Waals surface area (Å²) >= 11 is 0. The van der Waals surface area contributed by atoms with Crippen molar-refractivity contribution in [3.8, 4) is 0 Å². The summed E-state index contributed by atoms with van der Waals surface area (Å²) in [6.07, 6.45) is 64.6. The first-order valence-electron chi connectivity index (χ1n) is 54.2. The molecule has 0 aliphatic carbocycles. The zero-order chi connectivity index (χ0) is 103. The van der Waals surface area contributed by atoms with E-state index in [0.717, 1.165) is 55.4 Å². The van der Waals surface area contributed by atoms with Gasteiger partial charge in [0, 0.05) is 38.4 Å². The van der Waals surface area contributed by atoms with E-state index in [9.17, 15) is 43.2 Å². The van der Waals surface area contributed by atoms with Crippen LogP contribution in [0.3, 0.4) is 0 Å². The van der Waals surface area contributed by atoms with Crippen molar-refractivity contribution in [3.63, 3.8) is 0 Å². The van der Waals surface area contributed by atoms with E-state index in [1.165, 1.54) is 320 Å². The van der Waals surface area contributed by atoms with Crippen molar-refractivity contribution in [1.29, 1.82) is 0 Å². The number of aromatic nitrogens is 6. The molecule has 32 nitrogen and oxygen atoms in total. The topological polar surface area (TPSA) is 435 Å². The minimum Gasteiger partial charge on any atom is -0.394 e. The van der Waals surface area contributed by atoms with Crippen molar-refractivity contribution in [2.24, 2.45) is 0 Å². The molecule has 6 aromatic rings. The van der Waals surface area contributed by atoms with Crippen LogP contribution in [0.4, 0.5) is 17.5 Å². The number of anilines is 3. The average Bonchev–Trinajstić information content (AvgIpc) is 0.826. The van der Waals surface area contributed by atoms with Crippen LogP contribution in [-0.4, -0.2) is 184 Å². The van der Waals surface area contributed by atoms with Gasteiger partial charge < -0.3 is 97.9 Å². The van der Waals surface area contributed by atoms with Crippen molar-refractivity contribution < 1.29 is 124 Å². The van der Waals surface area contributed by atoms with Gasteiger partial charge in [-0.3, -0.25) is 27.4 Å². The summed E-state index contributed by atoms with van der Waals surface area (Å²) < 4.78 is 114. The van der Waals surface area contributed by atoms with Gasteiger partial charge in [0.15, 0.2) is 0 Å². The molecule has 8 rings (SSSR count). The number of aliphatic hydroxyl groups excluding tert-OH is 2. The molecule has 36 heteroatoms. The molecule has 2 aliphatic rings. The third-order valence-corrected chi connectivity index (χ3v) is 28.5. The zero-order valence-electron chi connectivity index (χ0n) is 88.2. The van der Waals surface area contributed by atoms with Crippen molar-refractivity contribution in [3.05, 3.63) is 176 Å². The molecule has 2 fully saturated rings. The van der Waals surface area contributed by atoms with Gasteiger partial charge in [0.05, 0.1) is 105 Å². The molecule has 144 heavy (non-hydrogen) atoms. The Morgan fingerprint density at radius 3 is 0.972 bits per heavy atom. The van der Waals surface area contributed by atoms with Crippen LogP contribution in [0.25, 0.3) is 0 Å². The summed E-state index contributed by atoms with van der Waals surface area (Å²) in [7, 11) is -11.3. The fourth-order valence-electron chi connectivity index (χ4n) is 16.2. The average molecular weight is 2090 g/mol. The fourth-order valence-corrected chi connectivity index (χ4v) is 19.3. The molecule has 0 saturated carbocycles. The van der Waals surface area contributed by atoms with Gasteiger partial charge in [-0.25, -0.2) is 14.4 Å². The molecule has 0 bridgehead atoms. The molecule has 3 unspecified atom stereocenters. The van der Waals surface area contributed by atoms with Gasteiger partial charge in [-0.15, -0.1) is 0 Å². The number of nitrogen functional groups attached to an aromatic ring is 3. The quantitative estimate of drug-likeness (QED) is 0.0106. The maximum Gasteiger partial charge on any atom is 1.00 e. The molecule has 2 aliphatic heterocycles. The Balaban J connectivity index is 0.000000421. The number of nitrogens with zero attached hydrogens (tertiary/aromatic N) is 6. The van der Waals surface area contributed by atoms with Crippen molar-refractivity contribution in [1.82, 2.24) is 28.7 Å². The van der Waals surface area contributed by atoms with Gasteiger partial charge in [0.2, 0.25) is 0 Å². The van der Waals surface area contributed by atoms with Crippen LogP contribution in [0.2, 0.25) is 0 Å². The van der Waals surface area contributed by atoms with Gasteiger partial charge in [-0.2, -0.15) is 15.0 Å². The molecule has 0 spiro atoms. The predicted molar refractivity (Wildman–Crippen MR) is 569 cm³/mol. The first-order valence-corrected chi connectivity index (χ1v) is 59.4. The van der Waals surface area contributed by atoms with Crippen LogP contribution in [0.15, 0.2) is 142 Å². The van der Waals surface area contributed by atoms with E-state index in [2.05, 4.69) is 35.7 Å². The van der Waals surface area contributed by atoms with Gasteiger partial charge in [0.1, 0.15) is 67.0 Å².